The summed E-state index contributed by atoms with van der Waals surface area (Å²) >= 11 is 3.11. The molecule has 1 N–H and O–H groups in total. The van der Waals surface area contributed by atoms with Crippen LogP contribution in [-0.4, -0.2) is 36.0 Å². The zero-order valence-electron chi connectivity index (χ0n) is 10.4. The number of hydrogen-bond acceptors (Lipinski definition) is 2. The van der Waals surface area contributed by atoms with E-state index in [9.17, 15) is 9.18 Å². The van der Waals surface area contributed by atoms with Gasteiger partial charge in [-0.2, -0.15) is 0 Å². The number of nitrogens with one attached hydrogen (secondary N) is 1. The van der Waals surface area contributed by atoms with Crippen molar-refractivity contribution in [1.82, 2.24) is 10.2 Å². The zero-order valence-corrected chi connectivity index (χ0v) is 12.0. The van der Waals surface area contributed by atoms with Crippen LogP contribution in [0.25, 0.3) is 0 Å². The van der Waals surface area contributed by atoms with Gasteiger partial charge in [0.05, 0.1) is 10.0 Å². The van der Waals surface area contributed by atoms with E-state index in [1.54, 1.807) is 17.0 Å². The molecular formula is C13H16BrFN2O. The lowest BCUT2D eigenvalue weighted by Crippen LogP contribution is -2.56. The number of nitrogens with zero attached hydrogens (tertiary/aromatic N) is 1. The summed E-state index contributed by atoms with van der Waals surface area (Å²) < 4.78 is 14.2. The summed E-state index contributed by atoms with van der Waals surface area (Å²) in [6, 6.07) is 5.11. The third-order valence-corrected chi connectivity index (χ3v) is 3.82. The van der Waals surface area contributed by atoms with E-state index >= 15 is 0 Å². The van der Waals surface area contributed by atoms with Gasteiger partial charge in [0, 0.05) is 25.2 Å². The van der Waals surface area contributed by atoms with Crippen molar-refractivity contribution < 1.29 is 9.18 Å². The van der Waals surface area contributed by atoms with Gasteiger partial charge in [-0.15, -0.1) is 0 Å². The molecule has 0 bridgehead atoms. The molecule has 98 valence electrons. The molecule has 1 heterocycles. The molecule has 1 aliphatic heterocycles. The fourth-order valence-corrected chi connectivity index (χ4v) is 2.49. The van der Waals surface area contributed by atoms with Crippen molar-refractivity contribution in [2.24, 2.45) is 0 Å². The van der Waals surface area contributed by atoms with Gasteiger partial charge in [0.25, 0.3) is 5.91 Å². The first kappa shape index (κ1) is 13.5. The van der Waals surface area contributed by atoms with E-state index in [0.29, 0.717) is 11.0 Å². The number of rotatable bonds is 1. The molecule has 0 aliphatic carbocycles. The number of carbonyl (C=O) groups is 1. The average molecular weight is 315 g/mol. The van der Waals surface area contributed by atoms with E-state index in [2.05, 4.69) is 21.2 Å². The summed E-state index contributed by atoms with van der Waals surface area (Å²) in [7, 11) is 0. The van der Waals surface area contributed by atoms with Crippen LogP contribution in [0.2, 0.25) is 0 Å². The Bertz CT molecular complexity index is 466. The maximum absolute atomic E-state index is 13.9. The maximum atomic E-state index is 13.9. The molecule has 5 heteroatoms. The first-order chi connectivity index (χ1) is 8.50. The van der Waals surface area contributed by atoms with Crippen LogP contribution in [0.15, 0.2) is 22.7 Å². The Morgan fingerprint density at radius 2 is 2.22 bits per heavy atom. The summed E-state index contributed by atoms with van der Waals surface area (Å²) in [6.07, 6.45) is 0. The zero-order chi connectivity index (χ0) is 13.3. The Hall–Kier alpha value is -0.940. The summed E-state index contributed by atoms with van der Waals surface area (Å²) in [4.78, 5) is 14.1. The molecule has 1 aromatic carbocycles. The number of piperazine rings is 1. The van der Waals surface area contributed by atoms with Gasteiger partial charge in [-0.25, -0.2) is 4.39 Å². The Labute approximate surface area is 114 Å². The lowest BCUT2D eigenvalue weighted by molar-refractivity contribution is 0.0611. The molecule has 2 atom stereocenters. The third-order valence-electron chi connectivity index (χ3n) is 3.21. The molecule has 0 radical (unpaired) electrons. The van der Waals surface area contributed by atoms with E-state index in [-0.39, 0.29) is 23.6 Å². The molecule has 0 spiro atoms. The van der Waals surface area contributed by atoms with Crippen LogP contribution in [0.1, 0.15) is 24.2 Å². The molecule has 0 saturated carbocycles. The quantitative estimate of drug-likeness (QED) is 0.863. The van der Waals surface area contributed by atoms with Crippen LogP contribution in [0, 0.1) is 5.82 Å². The summed E-state index contributed by atoms with van der Waals surface area (Å²) in [5.41, 5.74) is 0.130. The van der Waals surface area contributed by atoms with Crippen molar-refractivity contribution in [1.29, 1.82) is 0 Å². The van der Waals surface area contributed by atoms with Gasteiger partial charge in [0.15, 0.2) is 0 Å². The SMILES string of the molecule is CC1CN(C(=O)c2cccc(Br)c2F)C(C)CN1. The fourth-order valence-electron chi connectivity index (χ4n) is 2.13. The van der Waals surface area contributed by atoms with Gasteiger partial charge < -0.3 is 10.2 Å². The second-order valence-electron chi connectivity index (χ2n) is 4.72. The Morgan fingerprint density at radius 1 is 1.50 bits per heavy atom. The summed E-state index contributed by atoms with van der Waals surface area (Å²) in [5, 5.41) is 3.30. The Kier molecular flexibility index (Phi) is 4.02. The Balaban J connectivity index is 2.27. The second-order valence-corrected chi connectivity index (χ2v) is 5.57. The topological polar surface area (TPSA) is 32.3 Å². The molecule has 0 aromatic heterocycles. The van der Waals surface area contributed by atoms with Gasteiger partial charge in [0.1, 0.15) is 5.82 Å². The van der Waals surface area contributed by atoms with Crippen molar-refractivity contribution in [3.8, 4) is 0 Å². The molecule has 1 aliphatic rings. The largest absolute Gasteiger partial charge is 0.333 e. The minimum absolute atomic E-state index is 0.0760. The number of carbonyl (C=O) groups excluding carboxylic acids is 1. The lowest BCUT2D eigenvalue weighted by Gasteiger charge is -2.37. The minimum Gasteiger partial charge on any atom is -0.333 e. The first-order valence-electron chi connectivity index (χ1n) is 5.99. The van der Waals surface area contributed by atoms with Gasteiger partial charge in [-0.3, -0.25) is 4.79 Å². The highest BCUT2D eigenvalue weighted by Crippen LogP contribution is 2.21. The number of benzene rings is 1. The monoisotopic (exact) mass is 314 g/mol. The van der Waals surface area contributed by atoms with Crippen LogP contribution >= 0.6 is 15.9 Å². The van der Waals surface area contributed by atoms with E-state index in [4.69, 9.17) is 0 Å². The molecular weight excluding hydrogens is 299 g/mol. The van der Waals surface area contributed by atoms with E-state index in [1.807, 2.05) is 13.8 Å². The van der Waals surface area contributed by atoms with Crippen LogP contribution in [-0.2, 0) is 0 Å². The second kappa shape index (κ2) is 5.36. The summed E-state index contributed by atoms with van der Waals surface area (Å²) in [6.45, 7) is 5.32. The lowest BCUT2D eigenvalue weighted by atomic mass is 10.1. The van der Waals surface area contributed by atoms with Crippen molar-refractivity contribution in [3.63, 3.8) is 0 Å². The van der Waals surface area contributed by atoms with Gasteiger partial charge in [0.2, 0.25) is 0 Å². The van der Waals surface area contributed by atoms with Crippen molar-refractivity contribution in [2.45, 2.75) is 25.9 Å². The summed E-state index contributed by atoms with van der Waals surface area (Å²) in [5.74, 6) is -0.726. The van der Waals surface area contributed by atoms with Gasteiger partial charge >= 0.3 is 0 Å². The van der Waals surface area contributed by atoms with Crippen LogP contribution < -0.4 is 5.32 Å². The van der Waals surface area contributed by atoms with Gasteiger partial charge in [-0.05, 0) is 41.9 Å². The number of halogens is 2. The third kappa shape index (κ3) is 2.57. The standard InChI is InChI=1S/C13H16BrFN2O/c1-8-7-17(9(2)6-16-8)13(18)10-4-3-5-11(14)12(10)15/h3-5,8-9,16H,6-7H2,1-2H3. The number of hydrogen-bond donors (Lipinski definition) is 1. The molecule has 1 amide bonds. The predicted molar refractivity (Wildman–Crippen MR) is 72.1 cm³/mol. The maximum Gasteiger partial charge on any atom is 0.257 e. The normalized spacial score (nSPS) is 24.1. The molecule has 1 fully saturated rings. The molecule has 1 aromatic rings. The molecule has 2 rings (SSSR count). The fraction of sp³-hybridized carbons (Fsp3) is 0.462. The molecule has 2 unspecified atom stereocenters. The van der Waals surface area contributed by atoms with Crippen molar-refractivity contribution >= 4 is 21.8 Å². The molecule has 1 saturated heterocycles. The number of amides is 1. The van der Waals surface area contributed by atoms with Crippen molar-refractivity contribution in [3.05, 3.63) is 34.1 Å². The highest BCUT2D eigenvalue weighted by Gasteiger charge is 2.29. The first-order valence-corrected chi connectivity index (χ1v) is 6.78. The van der Waals surface area contributed by atoms with E-state index in [1.165, 1.54) is 6.07 Å². The van der Waals surface area contributed by atoms with E-state index in [0.717, 1.165) is 6.54 Å². The highest BCUT2D eigenvalue weighted by atomic mass is 79.9. The smallest absolute Gasteiger partial charge is 0.257 e. The molecule has 3 nitrogen and oxygen atoms in total. The average Bonchev–Trinajstić information content (AvgIpc) is 2.35. The van der Waals surface area contributed by atoms with Crippen LogP contribution in [0.4, 0.5) is 4.39 Å². The van der Waals surface area contributed by atoms with E-state index < -0.39 is 5.82 Å². The Morgan fingerprint density at radius 3 is 2.94 bits per heavy atom. The van der Waals surface area contributed by atoms with Crippen LogP contribution in [0.5, 0.6) is 0 Å². The van der Waals surface area contributed by atoms with Gasteiger partial charge in [-0.1, -0.05) is 6.07 Å². The minimum atomic E-state index is -0.485. The predicted octanol–water partition coefficient (Wildman–Crippen LogP) is 2.41. The molecule has 18 heavy (non-hydrogen) atoms. The van der Waals surface area contributed by atoms with Crippen molar-refractivity contribution in [2.75, 3.05) is 13.1 Å². The highest BCUT2D eigenvalue weighted by molar-refractivity contribution is 9.10. The van der Waals surface area contributed by atoms with Crippen LogP contribution in [0.3, 0.4) is 0 Å².